The quantitative estimate of drug-likeness (QED) is 0.637. The number of aromatic nitrogens is 1. The smallest absolute Gasteiger partial charge is 0.138 e. The summed E-state index contributed by atoms with van der Waals surface area (Å²) in [7, 11) is 0. The van der Waals surface area contributed by atoms with Crippen LogP contribution in [0, 0.1) is 0 Å². The van der Waals surface area contributed by atoms with Gasteiger partial charge in [0.2, 0.25) is 0 Å². The number of nitrogens with zero attached hydrogens (tertiary/aromatic N) is 1. The molecule has 0 unspecified atom stereocenters. The van der Waals surface area contributed by atoms with Crippen LogP contribution in [0.25, 0.3) is 0 Å². The molecule has 2 rings (SSSR count). The van der Waals surface area contributed by atoms with E-state index in [9.17, 15) is 0 Å². The van der Waals surface area contributed by atoms with Crippen LogP contribution in [-0.2, 0) is 6.54 Å². The number of ether oxygens (including phenoxy) is 1. The molecule has 3 nitrogen and oxygen atoms in total. The highest BCUT2D eigenvalue weighted by Gasteiger charge is 2.05. The number of rotatable bonds is 6. The molecule has 0 saturated carbocycles. The van der Waals surface area contributed by atoms with Gasteiger partial charge in [0, 0.05) is 20.8 Å². The minimum Gasteiger partial charge on any atom is -0.492 e. The van der Waals surface area contributed by atoms with Crippen LogP contribution in [0.1, 0.15) is 19.0 Å². The zero-order chi connectivity index (χ0) is 15.2. The second-order valence-electron chi connectivity index (χ2n) is 4.43. The molecule has 1 N–H and O–H groups in total. The SMILES string of the molecule is CCCOc1ccc(NCc2ncc(Br)cc2Br)cc1Cl. The van der Waals surface area contributed by atoms with Crippen molar-refractivity contribution in [1.82, 2.24) is 4.98 Å². The molecule has 0 bridgehead atoms. The van der Waals surface area contributed by atoms with E-state index >= 15 is 0 Å². The average Bonchev–Trinajstić information content (AvgIpc) is 2.45. The molecule has 0 atom stereocenters. The molecular weight excluding hydrogens is 419 g/mol. The number of hydrogen-bond acceptors (Lipinski definition) is 3. The maximum absolute atomic E-state index is 6.20. The highest BCUT2D eigenvalue weighted by Crippen LogP contribution is 2.28. The Labute approximate surface area is 146 Å². The lowest BCUT2D eigenvalue weighted by Crippen LogP contribution is -2.03. The van der Waals surface area contributed by atoms with Gasteiger partial charge in [-0.2, -0.15) is 0 Å². The number of anilines is 1. The summed E-state index contributed by atoms with van der Waals surface area (Å²) in [6.07, 6.45) is 2.73. The molecule has 0 radical (unpaired) electrons. The van der Waals surface area contributed by atoms with Gasteiger partial charge in [-0.05, 0) is 62.5 Å². The summed E-state index contributed by atoms with van der Waals surface area (Å²) in [5, 5.41) is 3.91. The monoisotopic (exact) mass is 432 g/mol. The first kappa shape index (κ1) is 16.6. The van der Waals surface area contributed by atoms with Gasteiger partial charge in [-0.1, -0.05) is 18.5 Å². The van der Waals surface area contributed by atoms with Crippen molar-refractivity contribution in [2.75, 3.05) is 11.9 Å². The lowest BCUT2D eigenvalue weighted by molar-refractivity contribution is 0.317. The molecule has 0 aliphatic carbocycles. The lowest BCUT2D eigenvalue weighted by atomic mass is 10.3. The molecule has 0 amide bonds. The number of halogens is 3. The van der Waals surface area contributed by atoms with E-state index in [1.54, 1.807) is 6.20 Å². The van der Waals surface area contributed by atoms with Crippen LogP contribution in [-0.4, -0.2) is 11.6 Å². The molecule has 1 aromatic carbocycles. The predicted molar refractivity (Wildman–Crippen MR) is 94.2 cm³/mol. The first-order chi connectivity index (χ1) is 10.1. The number of nitrogens with one attached hydrogen (secondary N) is 1. The molecule has 0 saturated heterocycles. The Morgan fingerprint density at radius 2 is 2.10 bits per heavy atom. The Balaban J connectivity index is 2.01. The number of pyridine rings is 1. The maximum Gasteiger partial charge on any atom is 0.138 e. The minimum absolute atomic E-state index is 0.608. The highest BCUT2D eigenvalue weighted by atomic mass is 79.9. The van der Waals surface area contributed by atoms with E-state index < -0.39 is 0 Å². The molecule has 6 heteroatoms. The van der Waals surface area contributed by atoms with Crippen molar-refractivity contribution in [2.45, 2.75) is 19.9 Å². The van der Waals surface area contributed by atoms with E-state index in [-0.39, 0.29) is 0 Å². The van der Waals surface area contributed by atoms with E-state index in [2.05, 4.69) is 49.1 Å². The highest BCUT2D eigenvalue weighted by molar-refractivity contribution is 9.11. The third-order valence-electron chi connectivity index (χ3n) is 2.74. The summed E-state index contributed by atoms with van der Waals surface area (Å²) in [5.74, 6) is 0.715. The third kappa shape index (κ3) is 4.87. The normalized spacial score (nSPS) is 10.5. The molecule has 0 aliphatic heterocycles. The van der Waals surface area contributed by atoms with Crippen LogP contribution in [0.4, 0.5) is 5.69 Å². The maximum atomic E-state index is 6.20. The predicted octanol–water partition coefficient (Wildman–Crippen LogP) is 5.66. The van der Waals surface area contributed by atoms with Crippen molar-refractivity contribution in [2.24, 2.45) is 0 Å². The summed E-state index contributed by atoms with van der Waals surface area (Å²) in [4.78, 5) is 4.36. The van der Waals surface area contributed by atoms with Crippen LogP contribution >= 0.6 is 43.5 Å². The van der Waals surface area contributed by atoms with Crippen molar-refractivity contribution >= 4 is 49.1 Å². The Morgan fingerprint density at radius 3 is 2.76 bits per heavy atom. The van der Waals surface area contributed by atoms with Gasteiger partial charge in [-0.3, -0.25) is 4.98 Å². The fourth-order valence-electron chi connectivity index (χ4n) is 1.70. The minimum atomic E-state index is 0.608. The van der Waals surface area contributed by atoms with E-state index in [1.165, 1.54) is 0 Å². The summed E-state index contributed by atoms with van der Waals surface area (Å²) >= 11 is 13.1. The Hall–Kier alpha value is -0.780. The molecule has 1 aromatic heterocycles. The fourth-order valence-corrected chi connectivity index (χ4v) is 3.06. The van der Waals surface area contributed by atoms with Gasteiger partial charge in [-0.25, -0.2) is 0 Å². The van der Waals surface area contributed by atoms with Gasteiger partial charge in [0.1, 0.15) is 5.75 Å². The average molecular weight is 435 g/mol. The Kier molecular flexibility index (Phi) is 6.33. The molecule has 112 valence electrons. The van der Waals surface area contributed by atoms with Crippen molar-refractivity contribution in [3.05, 3.63) is 50.1 Å². The summed E-state index contributed by atoms with van der Waals surface area (Å²) in [5.41, 5.74) is 1.86. The molecule has 21 heavy (non-hydrogen) atoms. The van der Waals surface area contributed by atoms with E-state index in [0.717, 1.165) is 26.7 Å². The van der Waals surface area contributed by atoms with Crippen molar-refractivity contribution in [3.63, 3.8) is 0 Å². The standard InChI is InChI=1S/C15H15Br2ClN2O/c1-2-5-21-15-4-3-11(7-13(15)18)19-9-14-12(17)6-10(16)8-20-14/h3-4,6-8,19H,2,5,9H2,1H3. The first-order valence-corrected chi connectivity index (χ1v) is 8.52. The summed E-state index contributed by atoms with van der Waals surface area (Å²) in [6.45, 7) is 3.34. The van der Waals surface area contributed by atoms with Gasteiger partial charge in [-0.15, -0.1) is 0 Å². The molecule has 0 fully saturated rings. The Morgan fingerprint density at radius 1 is 1.29 bits per heavy atom. The molecule has 2 aromatic rings. The van der Waals surface area contributed by atoms with E-state index in [4.69, 9.17) is 16.3 Å². The van der Waals surface area contributed by atoms with Crippen molar-refractivity contribution in [1.29, 1.82) is 0 Å². The molecule has 0 aliphatic rings. The third-order valence-corrected chi connectivity index (χ3v) is 4.15. The molecular formula is C15H15Br2ClN2O. The van der Waals surface area contributed by atoms with Crippen LogP contribution in [0.3, 0.4) is 0 Å². The van der Waals surface area contributed by atoms with E-state index in [1.807, 2.05) is 24.3 Å². The number of benzene rings is 1. The van der Waals surface area contributed by atoms with Crippen molar-refractivity contribution in [3.8, 4) is 5.75 Å². The Bertz CT molecular complexity index is 623. The lowest BCUT2D eigenvalue weighted by Gasteiger charge is -2.11. The van der Waals surface area contributed by atoms with Gasteiger partial charge >= 0.3 is 0 Å². The topological polar surface area (TPSA) is 34.1 Å². The fraction of sp³-hybridized carbons (Fsp3) is 0.267. The second kappa shape index (κ2) is 8.01. The summed E-state index contributed by atoms with van der Waals surface area (Å²) < 4.78 is 7.45. The van der Waals surface area contributed by atoms with Crippen molar-refractivity contribution < 1.29 is 4.74 Å². The van der Waals surface area contributed by atoms with Gasteiger partial charge in [0.15, 0.2) is 0 Å². The molecule has 1 heterocycles. The van der Waals surface area contributed by atoms with Gasteiger partial charge in [0.25, 0.3) is 0 Å². The zero-order valence-corrected chi connectivity index (χ0v) is 15.4. The van der Waals surface area contributed by atoms with Crippen LogP contribution < -0.4 is 10.1 Å². The molecule has 0 spiro atoms. The number of hydrogen-bond donors (Lipinski definition) is 1. The largest absolute Gasteiger partial charge is 0.492 e. The van der Waals surface area contributed by atoms with Crippen LogP contribution in [0.15, 0.2) is 39.4 Å². The zero-order valence-electron chi connectivity index (χ0n) is 11.5. The van der Waals surface area contributed by atoms with Gasteiger partial charge < -0.3 is 10.1 Å². The van der Waals surface area contributed by atoms with E-state index in [0.29, 0.717) is 23.9 Å². The van der Waals surface area contributed by atoms with Crippen LogP contribution in [0.2, 0.25) is 5.02 Å². The summed E-state index contributed by atoms with van der Waals surface area (Å²) in [6, 6.07) is 7.66. The van der Waals surface area contributed by atoms with Gasteiger partial charge in [0.05, 0.1) is 23.9 Å². The van der Waals surface area contributed by atoms with Crippen LogP contribution in [0.5, 0.6) is 5.75 Å². The second-order valence-corrected chi connectivity index (χ2v) is 6.61. The first-order valence-electron chi connectivity index (χ1n) is 6.56.